The van der Waals surface area contributed by atoms with E-state index >= 15 is 0 Å². The Morgan fingerprint density at radius 2 is 1.40 bits per heavy atom. The SMILES string of the molecule is COc1cc(C(CN2CCCCC2)c2nc(-c3ccccc3)nn(CN3CCCCC3)c2=O)cc(OC)c1OC. The highest BCUT2D eigenvalue weighted by atomic mass is 16.5. The fourth-order valence-corrected chi connectivity index (χ4v) is 5.85. The summed E-state index contributed by atoms with van der Waals surface area (Å²) < 4.78 is 18.6. The molecule has 0 N–H and O–H groups in total. The smallest absolute Gasteiger partial charge is 0.290 e. The lowest BCUT2D eigenvalue weighted by Crippen LogP contribution is -2.41. The summed E-state index contributed by atoms with van der Waals surface area (Å²) in [6.45, 7) is 5.06. The first-order chi connectivity index (χ1) is 19.6. The van der Waals surface area contributed by atoms with Crippen LogP contribution in [-0.4, -0.2) is 78.6 Å². The van der Waals surface area contributed by atoms with Crippen molar-refractivity contribution in [3.8, 4) is 28.6 Å². The average molecular weight is 548 g/mol. The average Bonchev–Trinajstić information content (AvgIpc) is 3.01. The number of methoxy groups -OCH3 is 3. The second-order valence-electron chi connectivity index (χ2n) is 10.7. The molecule has 9 heteroatoms. The van der Waals surface area contributed by atoms with Gasteiger partial charge in [-0.25, -0.2) is 9.67 Å². The number of piperidine rings is 2. The van der Waals surface area contributed by atoms with E-state index in [1.54, 1.807) is 26.0 Å². The van der Waals surface area contributed by atoms with Gasteiger partial charge in [0.25, 0.3) is 5.56 Å². The minimum Gasteiger partial charge on any atom is -0.493 e. The van der Waals surface area contributed by atoms with Gasteiger partial charge in [-0.3, -0.25) is 9.69 Å². The molecule has 3 aromatic rings. The number of nitrogens with zero attached hydrogens (tertiary/aromatic N) is 5. The largest absolute Gasteiger partial charge is 0.493 e. The first-order valence-corrected chi connectivity index (χ1v) is 14.4. The molecule has 2 aliphatic rings. The molecule has 40 heavy (non-hydrogen) atoms. The normalized spacial score (nSPS) is 17.4. The fraction of sp³-hybridized carbons (Fsp3) is 0.516. The highest BCUT2D eigenvalue weighted by molar-refractivity contribution is 5.57. The van der Waals surface area contributed by atoms with Crippen LogP contribution in [0.15, 0.2) is 47.3 Å². The molecule has 1 aromatic heterocycles. The van der Waals surface area contributed by atoms with E-state index in [0.717, 1.165) is 63.0 Å². The molecular formula is C31H41N5O4. The third-order valence-corrected chi connectivity index (χ3v) is 8.02. The Hall–Kier alpha value is -3.43. The van der Waals surface area contributed by atoms with E-state index in [0.29, 0.717) is 42.0 Å². The van der Waals surface area contributed by atoms with Crippen molar-refractivity contribution in [1.29, 1.82) is 0 Å². The van der Waals surface area contributed by atoms with E-state index < -0.39 is 0 Å². The predicted molar refractivity (Wildman–Crippen MR) is 155 cm³/mol. The van der Waals surface area contributed by atoms with E-state index in [1.807, 2.05) is 42.5 Å². The summed E-state index contributed by atoms with van der Waals surface area (Å²) in [7, 11) is 4.83. The lowest BCUT2D eigenvalue weighted by Gasteiger charge is -2.31. The zero-order chi connectivity index (χ0) is 27.9. The van der Waals surface area contributed by atoms with Crippen molar-refractivity contribution in [3.05, 3.63) is 64.1 Å². The number of benzene rings is 2. The Balaban J connectivity index is 1.66. The van der Waals surface area contributed by atoms with Crippen LogP contribution in [0.25, 0.3) is 11.4 Å². The Bertz CT molecular complexity index is 1290. The first kappa shape index (κ1) is 28.1. The lowest BCUT2D eigenvalue weighted by molar-refractivity contribution is 0.168. The van der Waals surface area contributed by atoms with Crippen LogP contribution in [0, 0.1) is 0 Å². The van der Waals surface area contributed by atoms with E-state index in [4.69, 9.17) is 24.3 Å². The van der Waals surface area contributed by atoms with Crippen LogP contribution in [-0.2, 0) is 6.67 Å². The zero-order valence-corrected chi connectivity index (χ0v) is 24.0. The molecule has 0 radical (unpaired) electrons. The molecule has 2 aliphatic heterocycles. The van der Waals surface area contributed by atoms with E-state index in [-0.39, 0.29) is 11.5 Å². The highest BCUT2D eigenvalue weighted by Crippen LogP contribution is 2.41. The van der Waals surface area contributed by atoms with Crippen molar-refractivity contribution in [2.45, 2.75) is 51.1 Å². The molecule has 0 bridgehead atoms. The van der Waals surface area contributed by atoms with Gasteiger partial charge in [-0.2, -0.15) is 0 Å². The molecule has 3 heterocycles. The number of ether oxygens (including phenoxy) is 3. The van der Waals surface area contributed by atoms with Gasteiger partial charge in [0.15, 0.2) is 17.3 Å². The molecule has 0 aliphatic carbocycles. The molecular weight excluding hydrogens is 506 g/mol. The van der Waals surface area contributed by atoms with E-state index in [9.17, 15) is 4.79 Å². The third-order valence-electron chi connectivity index (χ3n) is 8.02. The number of aromatic nitrogens is 3. The van der Waals surface area contributed by atoms with Crippen molar-refractivity contribution in [2.24, 2.45) is 0 Å². The summed E-state index contributed by atoms with van der Waals surface area (Å²) in [6, 6.07) is 13.8. The van der Waals surface area contributed by atoms with Crippen molar-refractivity contribution in [1.82, 2.24) is 24.6 Å². The van der Waals surface area contributed by atoms with E-state index in [2.05, 4.69) is 9.80 Å². The summed E-state index contributed by atoms with van der Waals surface area (Å²) in [4.78, 5) is 24.0. The maximum atomic E-state index is 14.2. The van der Waals surface area contributed by atoms with Gasteiger partial charge in [0.2, 0.25) is 5.75 Å². The minimum atomic E-state index is -0.308. The number of rotatable bonds is 10. The Morgan fingerprint density at radius 1 is 0.800 bits per heavy atom. The predicted octanol–water partition coefficient (Wildman–Crippen LogP) is 4.39. The van der Waals surface area contributed by atoms with Crippen LogP contribution >= 0.6 is 0 Å². The van der Waals surface area contributed by atoms with Crippen LogP contribution in [0.3, 0.4) is 0 Å². The highest BCUT2D eigenvalue weighted by Gasteiger charge is 2.29. The summed E-state index contributed by atoms with van der Waals surface area (Å²) in [6.07, 6.45) is 7.05. The van der Waals surface area contributed by atoms with Gasteiger partial charge in [0, 0.05) is 18.0 Å². The second-order valence-corrected chi connectivity index (χ2v) is 10.7. The molecule has 0 saturated carbocycles. The maximum Gasteiger partial charge on any atom is 0.290 e. The van der Waals surface area contributed by atoms with Gasteiger partial charge in [0.1, 0.15) is 5.69 Å². The van der Waals surface area contributed by atoms with Crippen LogP contribution in [0.4, 0.5) is 0 Å². The molecule has 9 nitrogen and oxygen atoms in total. The van der Waals surface area contributed by atoms with Crippen molar-refractivity contribution >= 4 is 0 Å². The fourth-order valence-electron chi connectivity index (χ4n) is 5.85. The molecule has 214 valence electrons. The lowest BCUT2D eigenvalue weighted by atomic mass is 9.93. The minimum absolute atomic E-state index is 0.152. The quantitative estimate of drug-likeness (QED) is 0.370. The molecule has 1 unspecified atom stereocenters. The van der Waals surface area contributed by atoms with Crippen LogP contribution in [0.1, 0.15) is 55.7 Å². The standard InChI is InChI=1S/C31H41N5O4/c1-38-26-19-24(20-27(39-2)29(26)40-3)25(21-34-15-9-5-10-16-34)28-31(37)36(22-35-17-11-6-12-18-35)33-30(32-28)23-13-7-4-8-14-23/h4,7-8,13-14,19-20,25H,5-6,9-12,15-18,21-22H2,1-3H3. The number of hydrogen-bond acceptors (Lipinski definition) is 8. The number of hydrogen-bond donors (Lipinski definition) is 0. The van der Waals surface area contributed by atoms with Gasteiger partial charge in [-0.15, -0.1) is 5.10 Å². The molecule has 2 aromatic carbocycles. The van der Waals surface area contributed by atoms with Gasteiger partial charge in [-0.05, 0) is 69.6 Å². The molecule has 0 amide bonds. The van der Waals surface area contributed by atoms with Crippen LogP contribution in [0.2, 0.25) is 0 Å². The van der Waals surface area contributed by atoms with Crippen LogP contribution < -0.4 is 19.8 Å². The van der Waals surface area contributed by atoms with Crippen molar-refractivity contribution in [2.75, 3.05) is 54.1 Å². The summed E-state index contributed by atoms with van der Waals surface area (Å²) in [5.41, 5.74) is 2.13. The molecule has 2 fully saturated rings. The Kier molecular flexibility index (Phi) is 9.34. The van der Waals surface area contributed by atoms with Crippen LogP contribution in [0.5, 0.6) is 17.2 Å². The molecule has 2 saturated heterocycles. The van der Waals surface area contributed by atoms with Gasteiger partial charge in [-0.1, -0.05) is 43.2 Å². The second kappa shape index (κ2) is 13.3. The molecule has 0 spiro atoms. The Morgan fingerprint density at radius 3 is 1.98 bits per heavy atom. The number of likely N-dealkylation sites (tertiary alicyclic amines) is 2. The summed E-state index contributed by atoms with van der Waals surface area (Å²) >= 11 is 0. The van der Waals surface area contributed by atoms with Gasteiger partial charge in [0.05, 0.1) is 28.0 Å². The third kappa shape index (κ3) is 6.31. The molecule has 1 atom stereocenters. The van der Waals surface area contributed by atoms with Gasteiger partial charge < -0.3 is 19.1 Å². The zero-order valence-electron chi connectivity index (χ0n) is 24.0. The topological polar surface area (TPSA) is 82.0 Å². The van der Waals surface area contributed by atoms with E-state index in [1.165, 1.54) is 12.8 Å². The first-order valence-electron chi connectivity index (χ1n) is 14.4. The monoisotopic (exact) mass is 547 g/mol. The van der Waals surface area contributed by atoms with Crippen molar-refractivity contribution < 1.29 is 14.2 Å². The summed E-state index contributed by atoms with van der Waals surface area (Å²) in [5.74, 6) is 1.90. The maximum absolute atomic E-state index is 14.2. The summed E-state index contributed by atoms with van der Waals surface area (Å²) in [5, 5.41) is 4.78. The van der Waals surface area contributed by atoms with Crippen molar-refractivity contribution in [3.63, 3.8) is 0 Å². The Labute approximate surface area is 236 Å². The van der Waals surface area contributed by atoms with Gasteiger partial charge >= 0.3 is 0 Å². The molecule has 5 rings (SSSR count).